The van der Waals surface area contributed by atoms with Crippen LogP contribution in [0.3, 0.4) is 0 Å². The van der Waals surface area contributed by atoms with Crippen molar-refractivity contribution >= 4 is 39.1 Å². The van der Waals surface area contributed by atoms with Gasteiger partial charge < -0.3 is 15.2 Å². The highest BCUT2D eigenvalue weighted by molar-refractivity contribution is 7.13. The first kappa shape index (κ1) is 16.4. The second kappa shape index (κ2) is 7.06. The van der Waals surface area contributed by atoms with Crippen LogP contribution in [0, 0.1) is 11.3 Å². The Kier molecular flexibility index (Phi) is 4.46. The minimum absolute atomic E-state index is 0.0633. The van der Waals surface area contributed by atoms with E-state index in [2.05, 4.69) is 31.6 Å². The summed E-state index contributed by atoms with van der Waals surface area (Å²) in [5, 5.41) is 18.5. The molecule has 0 radical (unpaired) electrons. The molecule has 3 heterocycles. The third kappa shape index (κ3) is 3.21. The van der Waals surface area contributed by atoms with Crippen LogP contribution in [0.15, 0.2) is 36.0 Å². The van der Waals surface area contributed by atoms with Gasteiger partial charge in [0, 0.05) is 48.0 Å². The quantitative estimate of drug-likeness (QED) is 0.663. The Balaban J connectivity index is 1.48. The number of amides is 2. The second-order valence-corrected chi connectivity index (χ2v) is 7.13. The first-order chi connectivity index (χ1) is 12.7. The number of piperidine rings is 1. The Labute approximate surface area is 154 Å². The standard InChI is InChI=1S/C18H18N6OS/c19-10-12-3-4-15(14-5-6-20-16(12)14)24-8-1-2-13(11-24)22-17(25)23-18-21-7-9-26-18/h3-7,9,13,20H,1-2,8,11H2,(H2,21,22,23,25)/t13-/m1/s1. The maximum atomic E-state index is 12.2. The average Bonchev–Trinajstić information content (AvgIpc) is 3.32. The van der Waals surface area contributed by atoms with Crippen LogP contribution in [0.1, 0.15) is 18.4 Å². The molecular formula is C18H18N6OS. The van der Waals surface area contributed by atoms with Gasteiger partial charge in [0.15, 0.2) is 5.13 Å². The number of carbonyl (C=O) groups is 1. The van der Waals surface area contributed by atoms with Crippen molar-refractivity contribution in [2.75, 3.05) is 23.3 Å². The van der Waals surface area contributed by atoms with Crippen LogP contribution in [-0.4, -0.2) is 35.1 Å². The van der Waals surface area contributed by atoms with E-state index in [9.17, 15) is 10.1 Å². The number of anilines is 2. The van der Waals surface area contributed by atoms with E-state index >= 15 is 0 Å². The first-order valence-electron chi connectivity index (χ1n) is 8.47. The van der Waals surface area contributed by atoms with Crippen molar-refractivity contribution in [3.63, 3.8) is 0 Å². The molecule has 1 atom stereocenters. The number of hydrogen-bond acceptors (Lipinski definition) is 5. The molecule has 0 aliphatic carbocycles. The fourth-order valence-electron chi connectivity index (χ4n) is 3.43. The van der Waals surface area contributed by atoms with E-state index in [-0.39, 0.29) is 12.1 Å². The van der Waals surface area contributed by atoms with Crippen molar-refractivity contribution in [2.45, 2.75) is 18.9 Å². The molecule has 1 saturated heterocycles. The van der Waals surface area contributed by atoms with Crippen molar-refractivity contribution in [3.8, 4) is 6.07 Å². The number of nitriles is 1. The molecule has 3 N–H and O–H groups in total. The van der Waals surface area contributed by atoms with Gasteiger partial charge in [0.05, 0.1) is 11.1 Å². The second-order valence-electron chi connectivity index (χ2n) is 6.23. The maximum absolute atomic E-state index is 12.2. The zero-order valence-electron chi connectivity index (χ0n) is 14.0. The number of urea groups is 1. The number of thiazole rings is 1. The molecule has 3 aromatic rings. The summed E-state index contributed by atoms with van der Waals surface area (Å²) in [6, 6.07) is 7.90. The van der Waals surface area contributed by atoms with Gasteiger partial charge in [-0.25, -0.2) is 9.78 Å². The van der Waals surface area contributed by atoms with Crippen molar-refractivity contribution in [3.05, 3.63) is 41.5 Å². The van der Waals surface area contributed by atoms with Crippen LogP contribution < -0.4 is 15.5 Å². The lowest BCUT2D eigenvalue weighted by Gasteiger charge is -2.35. The molecule has 132 valence electrons. The minimum atomic E-state index is -0.224. The van der Waals surface area contributed by atoms with Gasteiger partial charge in [0.25, 0.3) is 0 Å². The SMILES string of the molecule is N#Cc1ccc(N2CCC[C@@H](NC(=O)Nc3nccs3)C2)c2cc[nH]c12. The van der Waals surface area contributed by atoms with E-state index in [1.165, 1.54) is 11.3 Å². The van der Waals surface area contributed by atoms with Gasteiger partial charge >= 0.3 is 6.03 Å². The number of rotatable bonds is 3. The molecule has 7 nitrogen and oxygen atoms in total. The molecule has 0 unspecified atom stereocenters. The van der Waals surface area contributed by atoms with Gasteiger partial charge in [0.2, 0.25) is 0 Å². The summed E-state index contributed by atoms with van der Waals surface area (Å²) in [4.78, 5) is 21.6. The molecule has 1 aromatic carbocycles. The summed E-state index contributed by atoms with van der Waals surface area (Å²) in [5.41, 5.74) is 2.59. The first-order valence-corrected chi connectivity index (χ1v) is 9.34. The van der Waals surface area contributed by atoms with E-state index < -0.39 is 0 Å². The van der Waals surface area contributed by atoms with Gasteiger partial charge in [-0.15, -0.1) is 11.3 Å². The van der Waals surface area contributed by atoms with Gasteiger partial charge in [-0.3, -0.25) is 5.32 Å². The third-order valence-corrected chi connectivity index (χ3v) is 5.26. The van der Waals surface area contributed by atoms with Crippen molar-refractivity contribution in [1.82, 2.24) is 15.3 Å². The van der Waals surface area contributed by atoms with Crippen LogP contribution in [-0.2, 0) is 0 Å². The zero-order valence-corrected chi connectivity index (χ0v) is 14.8. The number of aromatic nitrogens is 2. The summed E-state index contributed by atoms with van der Waals surface area (Å²) in [7, 11) is 0. The van der Waals surface area contributed by atoms with E-state index in [0.717, 1.165) is 42.5 Å². The van der Waals surface area contributed by atoms with E-state index in [1.807, 2.05) is 29.8 Å². The fraction of sp³-hybridized carbons (Fsp3) is 0.278. The molecular weight excluding hydrogens is 348 g/mol. The van der Waals surface area contributed by atoms with E-state index in [1.54, 1.807) is 6.20 Å². The largest absolute Gasteiger partial charge is 0.369 e. The van der Waals surface area contributed by atoms with E-state index in [0.29, 0.717) is 10.7 Å². The van der Waals surface area contributed by atoms with Crippen LogP contribution in [0.25, 0.3) is 10.9 Å². The molecule has 8 heteroatoms. The summed E-state index contributed by atoms with van der Waals surface area (Å²) in [6.45, 7) is 1.66. The molecule has 4 rings (SSSR count). The summed E-state index contributed by atoms with van der Waals surface area (Å²) < 4.78 is 0. The lowest BCUT2D eigenvalue weighted by atomic mass is 10.0. The Morgan fingerprint density at radius 1 is 1.42 bits per heavy atom. The number of fused-ring (bicyclic) bond motifs is 1. The molecule has 1 aliphatic heterocycles. The van der Waals surface area contributed by atoms with Gasteiger partial charge in [0.1, 0.15) is 6.07 Å². The predicted molar refractivity (Wildman–Crippen MR) is 103 cm³/mol. The molecule has 0 saturated carbocycles. The summed E-state index contributed by atoms with van der Waals surface area (Å²) in [6.07, 6.45) is 5.45. The fourth-order valence-corrected chi connectivity index (χ4v) is 3.95. The van der Waals surface area contributed by atoms with Crippen LogP contribution >= 0.6 is 11.3 Å². The summed E-state index contributed by atoms with van der Waals surface area (Å²) in [5.74, 6) is 0. The summed E-state index contributed by atoms with van der Waals surface area (Å²) >= 11 is 1.39. The number of benzene rings is 1. The van der Waals surface area contributed by atoms with Crippen LogP contribution in [0.4, 0.5) is 15.6 Å². The Morgan fingerprint density at radius 3 is 3.15 bits per heavy atom. The smallest absolute Gasteiger partial charge is 0.321 e. The van der Waals surface area contributed by atoms with Crippen LogP contribution in [0.5, 0.6) is 0 Å². The topological polar surface area (TPSA) is 96.8 Å². The third-order valence-electron chi connectivity index (χ3n) is 4.57. The number of H-pyrrole nitrogens is 1. The van der Waals surface area contributed by atoms with Crippen molar-refractivity contribution in [1.29, 1.82) is 5.26 Å². The Hall–Kier alpha value is -3.05. The average molecular weight is 366 g/mol. The molecule has 2 amide bonds. The number of aromatic amines is 1. The van der Waals surface area contributed by atoms with Gasteiger partial charge in [-0.1, -0.05) is 0 Å². The van der Waals surface area contributed by atoms with Crippen molar-refractivity contribution < 1.29 is 4.79 Å². The molecule has 1 aliphatic rings. The minimum Gasteiger partial charge on any atom is -0.369 e. The molecule has 0 bridgehead atoms. The van der Waals surface area contributed by atoms with Crippen LogP contribution in [0.2, 0.25) is 0 Å². The number of hydrogen-bond donors (Lipinski definition) is 3. The normalized spacial score (nSPS) is 17.0. The molecule has 2 aromatic heterocycles. The maximum Gasteiger partial charge on any atom is 0.321 e. The Morgan fingerprint density at radius 2 is 2.35 bits per heavy atom. The van der Waals surface area contributed by atoms with E-state index in [4.69, 9.17) is 0 Å². The lowest BCUT2D eigenvalue weighted by Crippen LogP contribution is -2.49. The highest BCUT2D eigenvalue weighted by atomic mass is 32.1. The number of nitrogens with zero attached hydrogens (tertiary/aromatic N) is 3. The molecule has 1 fully saturated rings. The highest BCUT2D eigenvalue weighted by Crippen LogP contribution is 2.30. The molecule has 0 spiro atoms. The number of nitrogens with one attached hydrogen (secondary N) is 3. The zero-order chi connectivity index (χ0) is 17.9. The highest BCUT2D eigenvalue weighted by Gasteiger charge is 2.23. The lowest BCUT2D eigenvalue weighted by molar-refractivity contribution is 0.246. The molecule has 26 heavy (non-hydrogen) atoms. The monoisotopic (exact) mass is 366 g/mol. The predicted octanol–water partition coefficient (Wildman–Crippen LogP) is 3.29. The Bertz CT molecular complexity index is 958. The van der Waals surface area contributed by atoms with Gasteiger partial charge in [-0.05, 0) is 31.0 Å². The van der Waals surface area contributed by atoms with Gasteiger partial charge in [-0.2, -0.15) is 5.26 Å². The number of carbonyl (C=O) groups excluding carboxylic acids is 1. The van der Waals surface area contributed by atoms with Crippen molar-refractivity contribution in [2.24, 2.45) is 0 Å².